The van der Waals surface area contributed by atoms with Crippen LogP contribution in [0.4, 0.5) is 0 Å². The maximum Gasteiger partial charge on any atom is 0.316 e. The number of hydrogen-bond donors (Lipinski definition) is 2. The molecule has 8 rings (SSSR count). The summed E-state index contributed by atoms with van der Waals surface area (Å²) in [5.74, 6) is -3.33. The lowest BCUT2D eigenvalue weighted by Crippen LogP contribution is -2.64. The highest BCUT2D eigenvalue weighted by atomic mass is 17.0. The quantitative estimate of drug-likeness (QED) is 0.284. The molecule has 0 amide bonds. The predicted molar refractivity (Wildman–Crippen MR) is 127 cm³/mol. The third-order valence-corrected chi connectivity index (χ3v) is 11.2. The number of rotatable bonds is 7. The first kappa shape index (κ1) is 25.1. The van der Waals surface area contributed by atoms with Gasteiger partial charge in [-0.1, -0.05) is 38.8 Å². The van der Waals surface area contributed by atoms with Crippen LogP contribution in [0.15, 0.2) is 11.6 Å². The molecule has 0 aromatic heterocycles. The van der Waals surface area contributed by atoms with Crippen LogP contribution >= 0.6 is 0 Å². The van der Waals surface area contributed by atoms with Crippen molar-refractivity contribution >= 4 is 18.2 Å². The van der Waals surface area contributed by atoms with Crippen molar-refractivity contribution < 1.29 is 48.3 Å². The molecule has 0 radical (unpaired) electrons. The summed E-state index contributed by atoms with van der Waals surface area (Å²) >= 11 is 0. The van der Waals surface area contributed by atoms with Gasteiger partial charge in [0.05, 0.1) is 6.61 Å². The molecule has 8 bridgehead atoms. The Balaban J connectivity index is 1.24. The van der Waals surface area contributed by atoms with Crippen LogP contribution in [0.5, 0.6) is 0 Å². The van der Waals surface area contributed by atoms with Gasteiger partial charge in [-0.2, -0.15) is 0 Å². The number of carboxylic acid groups (broad SMARTS) is 1. The molecule has 10 nitrogen and oxygen atoms in total. The van der Waals surface area contributed by atoms with E-state index in [4.69, 9.17) is 23.7 Å². The van der Waals surface area contributed by atoms with E-state index in [1.165, 1.54) is 6.92 Å². The van der Waals surface area contributed by atoms with Crippen LogP contribution in [0.1, 0.15) is 47.0 Å². The van der Waals surface area contributed by atoms with Crippen molar-refractivity contribution in [3.63, 3.8) is 0 Å². The van der Waals surface area contributed by atoms with E-state index in [2.05, 4.69) is 13.0 Å². The average molecular weight is 533 g/mol. The molecule has 14 atom stereocenters. The third kappa shape index (κ3) is 2.69. The minimum absolute atomic E-state index is 0.00124. The summed E-state index contributed by atoms with van der Waals surface area (Å²) in [7, 11) is 0. The van der Waals surface area contributed by atoms with Crippen LogP contribution in [-0.4, -0.2) is 71.7 Å². The van der Waals surface area contributed by atoms with E-state index in [-0.39, 0.29) is 42.1 Å². The molecular formula is C28H36O10. The van der Waals surface area contributed by atoms with Gasteiger partial charge in [-0.25, -0.2) is 0 Å². The largest absolute Gasteiger partial charge is 0.481 e. The highest BCUT2D eigenvalue weighted by Gasteiger charge is 2.81. The lowest BCUT2D eigenvalue weighted by atomic mass is 9.44. The fraction of sp³-hybridized carbons (Fsp3) is 0.821. The summed E-state index contributed by atoms with van der Waals surface area (Å²) in [4.78, 5) is 38.0. The topological polar surface area (TPSA) is 138 Å². The first-order valence-electron chi connectivity index (χ1n) is 13.9. The van der Waals surface area contributed by atoms with Crippen LogP contribution < -0.4 is 0 Å². The Morgan fingerprint density at radius 2 is 2.00 bits per heavy atom. The monoisotopic (exact) mass is 532 g/mol. The molecule has 14 unspecified atom stereocenters. The maximum absolute atomic E-state index is 13.4. The number of esters is 1. The first-order valence-corrected chi connectivity index (χ1v) is 13.9. The van der Waals surface area contributed by atoms with Crippen molar-refractivity contribution in [1.29, 1.82) is 0 Å². The molecule has 4 aliphatic heterocycles. The SMILES string of the molecule is CC(=O)OC1C2OC3(OCC4C5C(C)CCC5C5(C=O)CC6C=C(C(C)C)C5(C(=O)O)C64)OC2OC1C3O. The van der Waals surface area contributed by atoms with E-state index >= 15 is 0 Å². The molecule has 4 aliphatic carbocycles. The van der Waals surface area contributed by atoms with E-state index in [0.29, 0.717) is 12.3 Å². The predicted octanol–water partition coefficient (Wildman–Crippen LogP) is 1.88. The molecule has 10 heteroatoms. The van der Waals surface area contributed by atoms with Crippen LogP contribution in [0.25, 0.3) is 0 Å². The highest BCUT2D eigenvalue weighted by molar-refractivity contribution is 5.89. The summed E-state index contributed by atoms with van der Waals surface area (Å²) < 4.78 is 29.4. The maximum atomic E-state index is 13.4. The second kappa shape index (κ2) is 7.87. The minimum Gasteiger partial charge on any atom is -0.481 e. The summed E-state index contributed by atoms with van der Waals surface area (Å²) in [5.41, 5.74) is -1.32. The molecule has 4 heterocycles. The molecule has 0 aromatic rings. The highest BCUT2D eigenvalue weighted by Crippen LogP contribution is 2.79. The first-order chi connectivity index (χ1) is 18.0. The van der Waals surface area contributed by atoms with E-state index in [1.54, 1.807) is 0 Å². The number of aldehydes is 1. The van der Waals surface area contributed by atoms with Crippen molar-refractivity contribution in [2.75, 3.05) is 6.61 Å². The molecule has 8 aliphatic rings. The standard InChI is InChI=1S/C28H36O10/c1-11(2)17-7-14-8-26(10-29)16-6-5-12(3)18(16)15(19(14)27(17,26)25(32)33)9-34-28-23(31)21-20(35-13(4)30)22(37-28)24(36-21)38-28/h7,10-12,14-16,18-24,31H,5-6,8-9H2,1-4H3,(H,32,33). The number of aliphatic carboxylic acids is 1. The molecule has 208 valence electrons. The number of fused-ring (bicyclic) bond motifs is 2. The Morgan fingerprint density at radius 1 is 1.24 bits per heavy atom. The van der Waals surface area contributed by atoms with Gasteiger partial charge in [0, 0.05) is 12.3 Å². The molecule has 7 fully saturated rings. The molecule has 38 heavy (non-hydrogen) atoms. The zero-order valence-corrected chi connectivity index (χ0v) is 22.1. The number of aliphatic hydroxyl groups excluding tert-OH is 1. The molecule has 0 aromatic carbocycles. The molecule has 3 saturated carbocycles. The Morgan fingerprint density at radius 3 is 2.66 bits per heavy atom. The number of carbonyl (C=O) groups is 3. The van der Waals surface area contributed by atoms with E-state index < -0.39 is 59.4 Å². The Bertz CT molecular complexity index is 1120. The number of allylic oxidation sites excluding steroid dienone is 1. The lowest BCUT2D eigenvalue weighted by molar-refractivity contribution is -0.445. The van der Waals surface area contributed by atoms with E-state index in [1.807, 2.05) is 13.8 Å². The summed E-state index contributed by atoms with van der Waals surface area (Å²) in [6, 6.07) is 0. The molecule has 4 saturated heterocycles. The Labute approximate surface area is 221 Å². The second-order valence-electron chi connectivity index (χ2n) is 12.9. The normalized spacial score (nSPS) is 54.9. The van der Waals surface area contributed by atoms with Crippen molar-refractivity contribution in [1.82, 2.24) is 0 Å². The zero-order chi connectivity index (χ0) is 26.9. The van der Waals surface area contributed by atoms with Crippen LogP contribution in [-0.2, 0) is 38.1 Å². The second-order valence-corrected chi connectivity index (χ2v) is 12.9. The van der Waals surface area contributed by atoms with Crippen LogP contribution in [0.2, 0.25) is 0 Å². The Kier molecular flexibility index (Phi) is 5.21. The fourth-order valence-electron chi connectivity index (χ4n) is 10.3. The zero-order valence-electron chi connectivity index (χ0n) is 22.1. The summed E-state index contributed by atoms with van der Waals surface area (Å²) in [6.07, 6.45) is 0.874. The smallest absolute Gasteiger partial charge is 0.316 e. The van der Waals surface area contributed by atoms with Gasteiger partial charge in [0.15, 0.2) is 24.6 Å². The number of carboxylic acids is 1. The summed E-state index contributed by atoms with van der Waals surface area (Å²) in [6.45, 7) is 7.61. The van der Waals surface area contributed by atoms with Crippen LogP contribution in [0.3, 0.4) is 0 Å². The summed E-state index contributed by atoms with van der Waals surface area (Å²) in [5, 5.41) is 22.1. The van der Waals surface area contributed by atoms with Crippen molar-refractivity contribution in [3.8, 4) is 0 Å². The number of carbonyl (C=O) groups excluding carboxylic acids is 2. The van der Waals surface area contributed by atoms with Gasteiger partial charge in [0.1, 0.15) is 17.8 Å². The van der Waals surface area contributed by atoms with Gasteiger partial charge in [-0.15, -0.1) is 0 Å². The van der Waals surface area contributed by atoms with Crippen molar-refractivity contribution in [2.45, 2.75) is 83.6 Å². The van der Waals surface area contributed by atoms with Gasteiger partial charge in [-0.05, 0) is 54.3 Å². The van der Waals surface area contributed by atoms with Gasteiger partial charge in [0.2, 0.25) is 0 Å². The lowest BCUT2D eigenvalue weighted by Gasteiger charge is -2.57. The van der Waals surface area contributed by atoms with Gasteiger partial charge in [-0.3, -0.25) is 14.3 Å². The van der Waals surface area contributed by atoms with Crippen LogP contribution in [0, 0.1) is 52.3 Å². The van der Waals surface area contributed by atoms with E-state index in [0.717, 1.165) is 24.7 Å². The Hall–Kier alpha value is -1.85. The number of hydrogen-bond acceptors (Lipinski definition) is 9. The van der Waals surface area contributed by atoms with Crippen molar-refractivity contribution in [3.05, 3.63) is 11.6 Å². The van der Waals surface area contributed by atoms with Gasteiger partial charge in [0.25, 0.3) is 0 Å². The van der Waals surface area contributed by atoms with Crippen molar-refractivity contribution in [2.24, 2.45) is 52.3 Å². The number of ether oxygens (including phenoxy) is 5. The molecule has 0 spiro atoms. The fourth-order valence-corrected chi connectivity index (χ4v) is 10.3. The number of aliphatic hydroxyl groups is 1. The van der Waals surface area contributed by atoms with E-state index in [9.17, 15) is 24.6 Å². The minimum atomic E-state index is -1.77. The molecular weight excluding hydrogens is 496 g/mol. The average Bonchev–Trinajstić information content (AvgIpc) is 3.61. The van der Waals surface area contributed by atoms with Gasteiger partial charge >= 0.3 is 17.9 Å². The molecule has 2 N–H and O–H groups in total. The van der Waals surface area contributed by atoms with Gasteiger partial charge < -0.3 is 34.0 Å². The third-order valence-electron chi connectivity index (χ3n) is 11.2.